The van der Waals surface area contributed by atoms with E-state index < -0.39 is 10.0 Å². The molecule has 8 heteroatoms. The van der Waals surface area contributed by atoms with E-state index >= 15 is 0 Å². The highest BCUT2D eigenvalue weighted by Crippen LogP contribution is 2.28. The van der Waals surface area contributed by atoms with Gasteiger partial charge in [-0.3, -0.25) is 0 Å². The van der Waals surface area contributed by atoms with Crippen LogP contribution < -0.4 is 0 Å². The second kappa shape index (κ2) is 5.89. The molecule has 2 aliphatic rings. The van der Waals surface area contributed by atoms with Gasteiger partial charge in [-0.05, 0) is 37.6 Å². The van der Waals surface area contributed by atoms with E-state index in [9.17, 15) is 8.42 Å². The quantitative estimate of drug-likeness (QED) is 0.482. The lowest BCUT2D eigenvalue weighted by Crippen LogP contribution is -2.62. The Morgan fingerprint density at radius 2 is 1.95 bits per heavy atom. The minimum Gasteiger partial charge on any atom is -0.300 e. The van der Waals surface area contributed by atoms with Crippen LogP contribution in [-0.4, -0.2) is 55.9 Å². The molecule has 3 rings (SSSR count). The van der Waals surface area contributed by atoms with Crippen molar-refractivity contribution in [2.24, 2.45) is 5.11 Å². The molecule has 3 atom stereocenters. The Morgan fingerprint density at radius 1 is 1.23 bits per heavy atom. The highest BCUT2D eigenvalue weighted by molar-refractivity contribution is 7.89. The smallest absolute Gasteiger partial charge is 0.243 e. The van der Waals surface area contributed by atoms with Gasteiger partial charge in [0.25, 0.3) is 0 Å². The molecular formula is C14H19N5O2S. The molecule has 0 spiro atoms. The summed E-state index contributed by atoms with van der Waals surface area (Å²) in [5, 5.41) is 3.82. The number of rotatable bonds is 3. The normalized spacial score (nSPS) is 28.9. The van der Waals surface area contributed by atoms with Crippen LogP contribution in [0.15, 0.2) is 34.3 Å². The highest BCUT2D eigenvalue weighted by atomic mass is 32.2. The van der Waals surface area contributed by atoms with Crippen LogP contribution in [-0.2, 0) is 10.0 Å². The highest BCUT2D eigenvalue weighted by Gasteiger charge is 2.42. The van der Waals surface area contributed by atoms with Crippen molar-refractivity contribution < 1.29 is 8.42 Å². The van der Waals surface area contributed by atoms with E-state index in [-0.39, 0.29) is 12.1 Å². The van der Waals surface area contributed by atoms with Gasteiger partial charge in [-0.25, -0.2) is 8.42 Å². The molecule has 0 N–H and O–H groups in total. The average molecular weight is 321 g/mol. The minimum atomic E-state index is -3.56. The Morgan fingerprint density at radius 3 is 2.64 bits per heavy atom. The van der Waals surface area contributed by atoms with Crippen LogP contribution in [0, 0.1) is 6.92 Å². The van der Waals surface area contributed by atoms with E-state index in [4.69, 9.17) is 5.53 Å². The number of nitrogens with zero attached hydrogens (tertiary/aromatic N) is 5. The first-order chi connectivity index (χ1) is 10.5. The van der Waals surface area contributed by atoms with E-state index in [1.54, 1.807) is 24.3 Å². The number of azide groups is 1. The summed E-state index contributed by atoms with van der Waals surface area (Å²) in [5.41, 5.74) is 9.75. The van der Waals surface area contributed by atoms with Crippen molar-refractivity contribution >= 4 is 10.0 Å². The number of hydrogen-bond acceptors (Lipinski definition) is 4. The second-order valence-corrected chi connectivity index (χ2v) is 7.75. The average Bonchev–Trinajstić information content (AvgIpc) is 2.51. The monoisotopic (exact) mass is 321 g/mol. The predicted octanol–water partition coefficient (Wildman–Crippen LogP) is 1.75. The van der Waals surface area contributed by atoms with Crippen molar-refractivity contribution in [1.82, 2.24) is 9.21 Å². The molecule has 0 amide bonds. The van der Waals surface area contributed by atoms with Crippen molar-refractivity contribution in [2.45, 2.75) is 30.3 Å². The Bertz CT molecular complexity index is 696. The van der Waals surface area contributed by atoms with E-state index in [0.717, 1.165) is 18.7 Å². The molecule has 22 heavy (non-hydrogen) atoms. The summed E-state index contributed by atoms with van der Waals surface area (Å²) in [6.07, 6.45) is 0.703. The fraction of sp³-hybridized carbons (Fsp3) is 0.571. The van der Waals surface area contributed by atoms with Gasteiger partial charge in [-0.2, -0.15) is 4.31 Å². The van der Waals surface area contributed by atoms with E-state index in [0.29, 0.717) is 24.4 Å². The van der Waals surface area contributed by atoms with Gasteiger partial charge in [-0.15, -0.1) is 0 Å². The molecule has 1 aromatic rings. The van der Waals surface area contributed by atoms with Gasteiger partial charge in [0, 0.05) is 30.6 Å². The van der Waals surface area contributed by atoms with Gasteiger partial charge in [0.1, 0.15) is 0 Å². The third-order valence-electron chi connectivity index (χ3n) is 4.46. The number of piperazine rings is 1. The molecule has 118 valence electrons. The van der Waals surface area contributed by atoms with E-state index in [2.05, 4.69) is 14.9 Å². The van der Waals surface area contributed by atoms with Crippen LogP contribution in [0.1, 0.15) is 12.0 Å². The van der Waals surface area contributed by atoms with E-state index in [1.807, 2.05) is 6.92 Å². The lowest BCUT2D eigenvalue weighted by atomic mass is 9.98. The summed E-state index contributed by atoms with van der Waals surface area (Å²) in [7, 11) is -3.56. The topological polar surface area (TPSA) is 89.4 Å². The minimum absolute atomic E-state index is 0.273. The molecule has 2 saturated heterocycles. The number of hydrogen-bond donors (Lipinski definition) is 0. The van der Waals surface area contributed by atoms with Crippen molar-refractivity contribution in [3.05, 3.63) is 40.3 Å². The molecule has 0 saturated carbocycles. The van der Waals surface area contributed by atoms with Crippen LogP contribution in [0.3, 0.4) is 0 Å². The maximum absolute atomic E-state index is 12.9. The molecule has 2 fully saturated rings. The number of aryl methyl sites for hydroxylation is 1. The summed E-state index contributed by atoms with van der Waals surface area (Å²) in [4.78, 5) is 5.43. The zero-order chi connectivity index (χ0) is 15.7. The Labute approximate surface area is 130 Å². The lowest BCUT2D eigenvalue weighted by molar-refractivity contribution is 0.0778. The first-order valence-electron chi connectivity index (χ1n) is 7.37. The second-order valence-electron chi connectivity index (χ2n) is 5.86. The molecule has 0 radical (unpaired) electrons. The number of fused-ring (bicyclic) bond motifs is 2. The third-order valence-corrected chi connectivity index (χ3v) is 6.40. The summed E-state index contributed by atoms with van der Waals surface area (Å²) < 4.78 is 27.4. The van der Waals surface area contributed by atoms with Gasteiger partial charge in [0.15, 0.2) is 0 Å². The predicted molar refractivity (Wildman–Crippen MR) is 82.8 cm³/mol. The first-order valence-corrected chi connectivity index (χ1v) is 8.81. The van der Waals surface area contributed by atoms with Gasteiger partial charge < -0.3 is 4.90 Å². The van der Waals surface area contributed by atoms with Crippen LogP contribution in [0.25, 0.3) is 10.4 Å². The molecule has 2 aliphatic heterocycles. The SMILES string of the molecule is Cc1ccc(S(=O)(=O)N2CCN3CC[C@H](N=[N+]=[N-])[C@@H]2C3)cc1. The Hall–Kier alpha value is -1.60. The lowest BCUT2D eigenvalue weighted by Gasteiger charge is -2.46. The van der Waals surface area contributed by atoms with Gasteiger partial charge in [0.05, 0.1) is 10.9 Å². The van der Waals surface area contributed by atoms with Crippen LogP contribution in [0.2, 0.25) is 0 Å². The van der Waals surface area contributed by atoms with Crippen molar-refractivity contribution in [2.75, 3.05) is 26.2 Å². The maximum Gasteiger partial charge on any atom is 0.243 e. The zero-order valence-corrected chi connectivity index (χ0v) is 13.3. The molecule has 7 nitrogen and oxygen atoms in total. The van der Waals surface area contributed by atoms with Gasteiger partial charge >= 0.3 is 0 Å². The summed E-state index contributed by atoms with van der Waals surface area (Å²) in [5.74, 6) is 0. The van der Waals surface area contributed by atoms with Crippen LogP contribution in [0.4, 0.5) is 0 Å². The maximum atomic E-state index is 12.9. The number of benzene rings is 1. The summed E-state index contributed by atoms with van der Waals surface area (Å²) in [6, 6.07) is 6.32. The van der Waals surface area contributed by atoms with Crippen molar-refractivity contribution in [3.63, 3.8) is 0 Å². The number of piperidine rings is 1. The molecule has 2 heterocycles. The summed E-state index contributed by atoms with van der Waals surface area (Å²) >= 11 is 0. The molecule has 1 aromatic carbocycles. The van der Waals surface area contributed by atoms with Gasteiger partial charge in [0.2, 0.25) is 10.0 Å². The van der Waals surface area contributed by atoms with Crippen molar-refractivity contribution in [3.8, 4) is 0 Å². The Balaban J connectivity index is 1.94. The van der Waals surface area contributed by atoms with Crippen molar-refractivity contribution in [1.29, 1.82) is 0 Å². The third kappa shape index (κ3) is 2.70. The summed E-state index contributed by atoms with van der Waals surface area (Å²) in [6.45, 7) is 4.59. The first kappa shape index (κ1) is 15.3. The van der Waals surface area contributed by atoms with Gasteiger partial charge in [-0.1, -0.05) is 22.8 Å². The van der Waals surface area contributed by atoms with E-state index in [1.165, 1.54) is 4.31 Å². The molecule has 2 bridgehead atoms. The standard InChI is InChI=1S/C14H19N5O2S/c1-11-2-4-12(5-3-11)22(20,21)19-9-8-18-7-6-13(16-17-15)14(19)10-18/h2-5,13-14H,6-10H2,1H3/t13-,14-/m0/s1. The van der Waals surface area contributed by atoms with Crippen LogP contribution >= 0.6 is 0 Å². The molecular weight excluding hydrogens is 302 g/mol. The molecule has 1 unspecified atom stereocenters. The fourth-order valence-electron chi connectivity index (χ4n) is 3.22. The zero-order valence-electron chi connectivity index (χ0n) is 12.5. The molecule has 0 aliphatic carbocycles. The fourth-order valence-corrected chi connectivity index (χ4v) is 4.86. The molecule has 0 aromatic heterocycles. The Kier molecular flexibility index (Phi) is 4.10. The van der Waals surface area contributed by atoms with Crippen LogP contribution in [0.5, 0.6) is 0 Å². The largest absolute Gasteiger partial charge is 0.300 e. The number of sulfonamides is 1.